The van der Waals surface area contributed by atoms with Crippen molar-refractivity contribution in [2.24, 2.45) is 11.8 Å². The molecular weight excluding hydrogens is 649 g/mol. The maximum atomic E-state index is 11.4. The van der Waals surface area contributed by atoms with Crippen LogP contribution in [-0.2, 0) is 33.3 Å². The molecule has 47 heavy (non-hydrogen) atoms. The summed E-state index contributed by atoms with van der Waals surface area (Å²) in [6, 6.07) is 21.5. The minimum Gasteiger partial charge on any atom is -0.508 e. The normalized spacial score (nSPS) is 27.4. The van der Waals surface area contributed by atoms with Crippen molar-refractivity contribution in [1.82, 2.24) is 9.80 Å². The van der Waals surface area contributed by atoms with Gasteiger partial charge in [0.2, 0.25) is 9.87 Å². The van der Waals surface area contributed by atoms with E-state index in [9.17, 15) is 46.4 Å². The molecule has 3 aliphatic rings. The topological polar surface area (TPSA) is 196 Å². The summed E-state index contributed by atoms with van der Waals surface area (Å²) in [5.74, 6) is -3.63. The highest BCUT2D eigenvalue weighted by Crippen LogP contribution is 2.40. The van der Waals surface area contributed by atoms with Gasteiger partial charge < -0.3 is 20.4 Å². The van der Waals surface area contributed by atoms with Gasteiger partial charge >= 0.3 is 0 Å². The van der Waals surface area contributed by atoms with E-state index < -0.39 is 53.5 Å². The number of hydrogen-bond donors (Lipinski definition) is 6. The molecule has 0 amide bonds. The Hall–Kier alpha value is -3.34. The summed E-state index contributed by atoms with van der Waals surface area (Å²) in [5.41, 5.74) is 3.02. The third kappa shape index (κ3) is 8.58. The van der Waals surface area contributed by atoms with E-state index in [4.69, 9.17) is 0 Å². The molecule has 0 spiro atoms. The van der Waals surface area contributed by atoms with Crippen molar-refractivity contribution in [2.45, 2.75) is 43.2 Å². The molecule has 2 aliphatic carbocycles. The van der Waals surface area contributed by atoms with Crippen molar-refractivity contribution in [3.05, 3.63) is 119 Å². The van der Waals surface area contributed by atoms with Crippen LogP contribution in [0.2, 0.25) is 0 Å². The van der Waals surface area contributed by atoms with E-state index in [1.165, 1.54) is 63.3 Å². The first-order valence-corrected chi connectivity index (χ1v) is 18.0. The van der Waals surface area contributed by atoms with Crippen LogP contribution in [0, 0.1) is 11.8 Å². The molecule has 5 rings (SSSR count). The zero-order valence-corrected chi connectivity index (χ0v) is 27.8. The summed E-state index contributed by atoms with van der Waals surface area (Å²) in [6.45, 7) is 9.40. The second-order valence-corrected chi connectivity index (χ2v) is 15.4. The molecule has 6 N–H and O–H groups in total. The Morgan fingerprint density at radius 3 is 1.26 bits per heavy atom. The van der Waals surface area contributed by atoms with Gasteiger partial charge in [0.25, 0.3) is 20.2 Å². The van der Waals surface area contributed by atoms with E-state index in [0.29, 0.717) is 12.2 Å². The Morgan fingerprint density at radius 1 is 0.638 bits per heavy atom. The highest BCUT2D eigenvalue weighted by molar-refractivity contribution is 7.87. The monoisotopic (exact) mass is 690 g/mol. The van der Waals surface area contributed by atoms with E-state index in [1.807, 2.05) is 0 Å². The summed E-state index contributed by atoms with van der Waals surface area (Å²) in [5, 5.41) is 40.3. The van der Waals surface area contributed by atoms with Gasteiger partial charge in [-0.15, -0.1) is 0 Å². The van der Waals surface area contributed by atoms with Gasteiger partial charge in [-0.3, -0.25) is 18.9 Å². The molecule has 1 saturated heterocycles. The SMILES string of the molecule is CC1C=C(CC2=CC(C)C(O)(S(=O)(=O)O)C=C2O)C(O)=CC1(O)S(=O)(=O)O.c1ccc(CN2CCN(Cc3ccccc3)CC2)cc1. The second-order valence-electron chi connectivity index (χ2n) is 12.2. The third-order valence-corrected chi connectivity index (χ3v) is 11.4. The molecule has 12 nitrogen and oxygen atoms in total. The maximum Gasteiger partial charge on any atom is 0.299 e. The number of aliphatic hydroxyl groups is 4. The largest absolute Gasteiger partial charge is 0.508 e. The van der Waals surface area contributed by atoms with Crippen LogP contribution in [0.5, 0.6) is 0 Å². The quantitative estimate of drug-likeness (QED) is 0.221. The molecule has 4 atom stereocenters. The van der Waals surface area contributed by atoms with E-state index in [-0.39, 0.29) is 17.6 Å². The number of nitrogens with zero attached hydrogens (tertiary/aromatic N) is 2. The predicted octanol–water partition coefficient (Wildman–Crippen LogP) is 3.57. The standard InChI is InChI=1S/C18H22N2.C15H20O10S2/c1-3-7-17(8-4-1)15-19-11-13-20(14-12-19)16-18-9-5-2-6-10-18;1-8-3-10(12(16)6-14(8,18)26(20,21)22)5-11-4-9(2)15(19,7-13(11)17)27(23,24)25/h1-10H,11-16H2;3-4,6-9,16-19H,5H2,1-2H3,(H,20,21,22)(H,23,24,25). The minimum absolute atomic E-state index is 0.0894. The van der Waals surface area contributed by atoms with Gasteiger partial charge in [-0.05, 0) is 22.3 Å². The number of piperazine rings is 1. The van der Waals surface area contributed by atoms with E-state index >= 15 is 0 Å². The first kappa shape index (κ1) is 36.5. The number of aliphatic hydroxyl groups excluding tert-OH is 2. The average molecular weight is 691 g/mol. The molecule has 1 heterocycles. The summed E-state index contributed by atoms with van der Waals surface area (Å²) in [4.78, 5) is -0.344. The molecule has 0 saturated carbocycles. The van der Waals surface area contributed by atoms with E-state index in [1.54, 1.807) is 0 Å². The minimum atomic E-state index is -4.94. The van der Waals surface area contributed by atoms with Crippen LogP contribution in [-0.4, -0.2) is 92.2 Å². The third-order valence-electron chi connectivity index (χ3n) is 8.72. The van der Waals surface area contributed by atoms with Crippen LogP contribution < -0.4 is 0 Å². The molecular formula is C33H42N2O10S2. The number of rotatable bonds is 8. The van der Waals surface area contributed by atoms with Gasteiger partial charge in [-0.2, -0.15) is 16.8 Å². The fraction of sp³-hybridized carbons (Fsp3) is 0.394. The van der Waals surface area contributed by atoms with Crippen molar-refractivity contribution >= 4 is 20.2 Å². The lowest BCUT2D eigenvalue weighted by Gasteiger charge is -2.34. The zero-order valence-electron chi connectivity index (χ0n) is 26.2. The highest BCUT2D eigenvalue weighted by atomic mass is 32.2. The Labute approximate surface area is 275 Å². The van der Waals surface area contributed by atoms with Crippen LogP contribution >= 0.6 is 0 Å². The Kier molecular flexibility index (Phi) is 11.2. The molecule has 0 radical (unpaired) electrons. The van der Waals surface area contributed by atoms with Gasteiger partial charge in [0.05, 0.1) is 0 Å². The van der Waals surface area contributed by atoms with E-state index in [2.05, 4.69) is 70.5 Å². The first-order valence-electron chi connectivity index (χ1n) is 15.1. The average Bonchev–Trinajstić information content (AvgIpc) is 3.00. The summed E-state index contributed by atoms with van der Waals surface area (Å²) >= 11 is 0. The van der Waals surface area contributed by atoms with Gasteiger partial charge in [-0.25, -0.2) is 0 Å². The van der Waals surface area contributed by atoms with Crippen LogP contribution in [0.15, 0.2) is 108 Å². The zero-order chi connectivity index (χ0) is 34.6. The number of hydrogen-bond acceptors (Lipinski definition) is 10. The smallest absolute Gasteiger partial charge is 0.299 e. The molecule has 4 unspecified atom stereocenters. The second kappa shape index (κ2) is 14.4. The van der Waals surface area contributed by atoms with Crippen LogP contribution in [0.25, 0.3) is 0 Å². The lowest BCUT2D eigenvalue weighted by atomic mass is 9.86. The van der Waals surface area contributed by atoms with Crippen molar-refractivity contribution in [3.8, 4) is 0 Å². The molecule has 0 bridgehead atoms. The molecule has 2 aromatic carbocycles. The predicted molar refractivity (Wildman–Crippen MR) is 177 cm³/mol. The number of allylic oxidation sites excluding steroid dienone is 2. The summed E-state index contributed by atoms with van der Waals surface area (Å²) in [7, 11) is -9.89. The van der Waals surface area contributed by atoms with E-state index in [0.717, 1.165) is 13.1 Å². The summed E-state index contributed by atoms with van der Waals surface area (Å²) < 4.78 is 63.8. The number of benzene rings is 2. The van der Waals surface area contributed by atoms with Crippen molar-refractivity contribution < 1.29 is 46.4 Å². The van der Waals surface area contributed by atoms with Gasteiger partial charge in [-0.1, -0.05) is 86.7 Å². The molecule has 0 aromatic heterocycles. The molecule has 2 aromatic rings. The molecule has 1 fully saturated rings. The molecule has 14 heteroatoms. The Bertz CT molecular complexity index is 1620. The van der Waals surface area contributed by atoms with Crippen molar-refractivity contribution in [1.29, 1.82) is 0 Å². The Balaban J connectivity index is 0.000000221. The lowest BCUT2D eigenvalue weighted by Crippen LogP contribution is -2.45. The van der Waals surface area contributed by atoms with Gasteiger partial charge in [0, 0.05) is 69.7 Å². The summed E-state index contributed by atoms with van der Waals surface area (Å²) in [6.07, 6.45) is 3.26. The molecule has 1 aliphatic heterocycles. The lowest BCUT2D eigenvalue weighted by molar-refractivity contribution is 0.116. The van der Waals surface area contributed by atoms with Crippen LogP contribution in [0.1, 0.15) is 31.4 Å². The van der Waals surface area contributed by atoms with Crippen LogP contribution in [0.3, 0.4) is 0 Å². The fourth-order valence-electron chi connectivity index (χ4n) is 5.76. The Morgan fingerprint density at radius 2 is 0.957 bits per heavy atom. The van der Waals surface area contributed by atoms with Crippen LogP contribution in [0.4, 0.5) is 0 Å². The van der Waals surface area contributed by atoms with Crippen molar-refractivity contribution in [3.63, 3.8) is 0 Å². The highest BCUT2D eigenvalue weighted by Gasteiger charge is 2.48. The maximum absolute atomic E-state index is 11.4. The fourth-order valence-corrected chi connectivity index (χ4v) is 7.36. The van der Waals surface area contributed by atoms with Crippen molar-refractivity contribution in [2.75, 3.05) is 26.2 Å². The first-order chi connectivity index (χ1) is 21.9. The van der Waals surface area contributed by atoms with Gasteiger partial charge in [0.15, 0.2) is 0 Å². The van der Waals surface area contributed by atoms with Gasteiger partial charge in [0.1, 0.15) is 11.5 Å². The molecule has 256 valence electrons.